The van der Waals surface area contributed by atoms with Crippen LogP contribution in [0.4, 0.5) is 10.1 Å². The van der Waals surface area contributed by atoms with Crippen molar-refractivity contribution in [3.8, 4) is 0 Å². The normalized spacial score (nSPS) is 19.9. The Morgan fingerprint density at radius 3 is 2.83 bits per heavy atom. The summed E-state index contributed by atoms with van der Waals surface area (Å²) in [4.78, 5) is 24.7. The number of nitrogens with zero attached hydrogens (tertiary/aromatic N) is 1. The van der Waals surface area contributed by atoms with Gasteiger partial charge in [0.25, 0.3) is 0 Å². The summed E-state index contributed by atoms with van der Waals surface area (Å²) in [5.41, 5.74) is -0.0301. The molecule has 2 amide bonds. The van der Waals surface area contributed by atoms with E-state index in [2.05, 4.69) is 5.32 Å². The summed E-state index contributed by atoms with van der Waals surface area (Å²) in [5.74, 6) is -1.27. The molecule has 4 nitrogen and oxygen atoms in total. The smallest absolute Gasteiger partial charge is 0.250 e. The van der Waals surface area contributed by atoms with Crippen LogP contribution in [-0.4, -0.2) is 24.4 Å². The third-order valence-corrected chi connectivity index (χ3v) is 3.12. The van der Waals surface area contributed by atoms with E-state index < -0.39 is 11.9 Å². The highest BCUT2D eigenvalue weighted by Crippen LogP contribution is 2.30. The van der Waals surface area contributed by atoms with Gasteiger partial charge in [0, 0.05) is 0 Å². The van der Waals surface area contributed by atoms with E-state index in [1.807, 2.05) is 0 Å². The minimum atomic E-state index is -0.623. The van der Waals surface area contributed by atoms with E-state index in [4.69, 9.17) is 11.6 Å². The highest BCUT2D eigenvalue weighted by atomic mass is 35.5. The van der Waals surface area contributed by atoms with Crippen LogP contribution in [0.5, 0.6) is 0 Å². The molecule has 0 radical (unpaired) electrons. The van der Waals surface area contributed by atoms with Gasteiger partial charge in [0.05, 0.1) is 10.7 Å². The highest BCUT2D eigenvalue weighted by molar-refractivity contribution is 6.34. The van der Waals surface area contributed by atoms with Gasteiger partial charge in [-0.25, -0.2) is 4.39 Å². The Morgan fingerprint density at radius 1 is 1.50 bits per heavy atom. The van der Waals surface area contributed by atoms with Crippen LogP contribution in [0.1, 0.15) is 13.3 Å². The summed E-state index contributed by atoms with van der Waals surface area (Å²) < 4.78 is 13.8. The molecular weight excluding hydrogens is 259 g/mol. The summed E-state index contributed by atoms with van der Waals surface area (Å²) in [5, 5.41) is 2.68. The van der Waals surface area contributed by atoms with Crippen LogP contribution in [0.25, 0.3) is 0 Å². The molecule has 1 heterocycles. The highest BCUT2D eigenvalue weighted by Gasteiger charge is 2.34. The molecule has 1 aliphatic heterocycles. The molecule has 0 aromatic heterocycles. The van der Waals surface area contributed by atoms with Gasteiger partial charge in [-0.15, -0.1) is 0 Å². The Hall–Kier alpha value is -1.62. The first-order valence-corrected chi connectivity index (χ1v) is 5.97. The Labute approximate surface area is 109 Å². The quantitative estimate of drug-likeness (QED) is 0.890. The van der Waals surface area contributed by atoms with Crippen LogP contribution in [0.2, 0.25) is 5.02 Å². The van der Waals surface area contributed by atoms with E-state index in [9.17, 15) is 14.0 Å². The largest absolute Gasteiger partial charge is 0.343 e. The number of para-hydroxylation sites is 1. The first-order chi connectivity index (χ1) is 8.54. The SMILES string of the molecule is CCC1NC(=O)CN(c2c(F)cccc2Cl)C1=O. The number of hydrogen-bond donors (Lipinski definition) is 1. The average Bonchev–Trinajstić information content (AvgIpc) is 2.32. The number of nitrogens with one attached hydrogen (secondary N) is 1. The van der Waals surface area contributed by atoms with E-state index in [0.29, 0.717) is 6.42 Å². The maximum absolute atomic E-state index is 13.8. The van der Waals surface area contributed by atoms with Crippen molar-refractivity contribution < 1.29 is 14.0 Å². The van der Waals surface area contributed by atoms with Gasteiger partial charge in [-0.3, -0.25) is 14.5 Å². The van der Waals surface area contributed by atoms with E-state index in [1.54, 1.807) is 6.92 Å². The van der Waals surface area contributed by atoms with Crippen LogP contribution < -0.4 is 10.2 Å². The summed E-state index contributed by atoms with van der Waals surface area (Å²) in [7, 11) is 0. The second-order valence-electron chi connectivity index (χ2n) is 4.02. The van der Waals surface area contributed by atoms with Crippen molar-refractivity contribution in [3.05, 3.63) is 29.0 Å². The van der Waals surface area contributed by atoms with Crippen molar-refractivity contribution in [1.29, 1.82) is 0 Å². The fraction of sp³-hybridized carbons (Fsp3) is 0.333. The van der Waals surface area contributed by atoms with Gasteiger partial charge in [-0.1, -0.05) is 24.6 Å². The Morgan fingerprint density at radius 2 is 2.22 bits per heavy atom. The molecule has 0 aliphatic carbocycles. The molecule has 1 aromatic carbocycles. The van der Waals surface area contributed by atoms with E-state index in [1.165, 1.54) is 18.2 Å². The van der Waals surface area contributed by atoms with Crippen molar-refractivity contribution in [2.75, 3.05) is 11.4 Å². The number of piperazine rings is 1. The molecule has 1 fully saturated rings. The molecule has 18 heavy (non-hydrogen) atoms. The van der Waals surface area contributed by atoms with Gasteiger partial charge in [0.2, 0.25) is 11.8 Å². The number of amides is 2. The zero-order chi connectivity index (χ0) is 13.3. The minimum Gasteiger partial charge on any atom is -0.343 e. The summed E-state index contributed by atoms with van der Waals surface area (Å²) >= 11 is 5.90. The third-order valence-electron chi connectivity index (χ3n) is 2.82. The molecule has 1 saturated heterocycles. The second kappa shape index (κ2) is 4.94. The van der Waals surface area contributed by atoms with Crippen LogP contribution in [0.15, 0.2) is 18.2 Å². The Bertz CT molecular complexity index is 487. The van der Waals surface area contributed by atoms with Crippen molar-refractivity contribution in [3.63, 3.8) is 0 Å². The van der Waals surface area contributed by atoms with Gasteiger partial charge in [-0.2, -0.15) is 0 Å². The Kier molecular flexibility index (Phi) is 3.52. The molecule has 0 spiro atoms. The lowest BCUT2D eigenvalue weighted by molar-refractivity contribution is -0.131. The van der Waals surface area contributed by atoms with Crippen molar-refractivity contribution in [2.24, 2.45) is 0 Å². The number of anilines is 1. The van der Waals surface area contributed by atoms with Gasteiger partial charge >= 0.3 is 0 Å². The molecule has 2 rings (SSSR count). The average molecular weight is 271 g/mol. The van der Waals surface area contributed by atoms with Gasteiger partial charge in [0.15, 0.2) is 0 Å². The number of halogens is 2. The monoisotopic (exact) mass is 270 g/mol. The molecule has 0 saturated carbocycles. The van der Waals surface area contributed by atoms with Crippen LogP contribution in [0.3, 0.4) is 0 Å². The number of rotatable bonds is 2. The molecule has 1 N–H and O–H groups in total. The minimum absolute atomic E-state index is 0.0301. The van der Waals surface area contributed by atoms with Crippen LogP contribution in [-0.2, 0) is 9.59 Å². The molecule has 6 heteroatoms. The predicted octanol–water partition coefficient (Wildman–Crippen LogP) is 1.72. The van der Waals surface area contributed by atoms with Gasteiger partial charge < -0.3 is 5.32 Å². The van der Waals surface area contributed by atoms with Crippen molar-refractivity contribution in [2.45, 2.75) is 19.4 Å². The van der Waals surface area contributed by atoms with Gasteiger partial charge in [0.1, 0.15) is 18.4 Å². The molecule has 1 atom stereocenters. The third kappa shape index (κ3) is 2.18. The molecule has 1 aromatic rings. The topological polar surface area (TPSA) is 49.4 Å². The fourth-order valence-electron chi connectivity index (χ4n) is 1.92. The lowest BCUT2D eigenvalue weighted by Gasteiger charge is -2.32. The predicted molar refractivity (Wildman–Crippen MR) is 66.0 cm³/mol. The fourth-order valence-corrected chi connectivity index (χ4v) is 2.19. The zero-order valence-electron chi connectivity index (χ0n) is 9.74. The molecule has 0 bridgehead atoms. The molecular formula is C12H12ClFN2O2. The lowest BCUT2D eigenvalue weighted by atomic mass is 10.1. The molecule has 1 aliphatic rings. The second-order valence-corrected chi connectivity index (χ2v) is 4.43. The van der Waals surface area contributed by atoms with Crippen LogP contribution in [0, 0.1) is 5.82 Å². The first kappa shape index (κ1) is 12.8. The standard InChI is InChI=1S/C12H12ClFN2O2/c1-2-9-12(18)16(6-10(17)15-9)11-7(13)4-3-5-8(11)14/h3-5,9H,2,6H2,1H3,(H,15,17). The van der Waals surface area contributed by atoms with Crippen molar-refractivity contribution in [1.82, 2.24) is 5.32 Å². The summed E-state index contributed by atoms with van der Waals surface area (Å²) in [6.07, 6.45) is 0.452. The zero-order valence-corrected chi connectivity index (χ0v) is 10.5. The van der Waals surface area contributed by atoms with Crippen LogP contribution >= 0.6 is 11.6 Å². The van der Waals surface area contributed by atoms with Crippen molar-refractivity contribution >= 4 is 29.1 Å². The van der Waals surface area contributed by atoms with E-state index in [-0.39, 0.29) is 29.1 Å². The number of hydrogen-bond acceptors (Lipinski definition) is 2. The summed E-state index contributed by atoms with van der Waals surface area (Å²) in [6.45, 7) is 1.56. The van der Waals surface area contributed by atoms with E-state index in [0.717, 1.165) is 4.90 Å². The Balaban J connectivity index is 2.42. The molecule has 1 unspecified atom stereocenters. The maximum Gasteiger partial charge on any atom is 0.250 e. The maximum atomic E-state index is 13.8. The first-order valence-electron chi connectivity index (χ1n) is 5.59. The van der Waals surface area contributed by atoms with Gasteiger partial charge in [-0.05, 0) is 18.6 Å². The summed E-state index contributed by atoms with van der Waals surface area (Å²) in [6, 6.07) is 3.53. The number of carbonyl (C=O) groups is 2. The lowest BCUT2D eigenvalue weighted by Crippen LogP contribution is -2.58. The number of carbonyl (C=O) groups excluding carboxylic acids is 2. The number of benzene rings is 1. The van der Waals surface area contributed by atoms with E-state index >= 15 is 0 Å². The molecule has 96 valence electrons.